The number of rotatable bonds is 4. The molecule has 0 aliphatic carbocycles. The van der Waals surface area contributed by atoms with Crippen molar-refractivity contribution >= 4 is 5.82 Å². The molecule has 0 atom stereocenters. The number of aromatic nitrogens is 1. The molecule has 0 fully saturated rings. The number of ether oxygens (including phenoxy) is 1. The SMILES string of the molecule is COc1ccnc(NCCN)c1. The number of hydrogen-bond donors (Lipinski definition) is 2. The van der Waals surface area contributed by atoms with E-state index in [2.05, 4.69) is 10.3 Å². The Hall–Kier alpha value is -1.29. The summed E-state index contributed by atoms with van der Waals surface area (Å²) in [5.41, 5.74) is 5.33. The van der Waals surface area contributed by atoms with Crippen LogP contribution in [0.3, 0.4) is 0 Å². The Morgan fingerprint density at radius 3 is 3.17 bits per heavy atom. The van der Waals surface area contributed by atoms with Crippen LogP contribution in [0.1, 0.15) is 0 Å². The zero-order chi connectivity index (χ0) is 8.81. The van der Waals surface area contributed by atoms with Gasteiger partial charge in [0.1, 0.15) is 11.6 Å². The van der Waals surface area contributed by atoms with Crippen LogP contribution < -0.4 is 15.8 Å². The van der Waals surface area contributed by atoms with Crippen LogP contribution in [0.4, 0.5) is 5.82 Å². The summed E-state index contributed by atoms with van der Waals surface area (Å²) in [6, 6.07) is 3.63. The fourth-order valence-corrected chi connectivity index (χ4v) is 0.835. The van der Waals surface area contributed by atoms with Gasteiger partial charge in [-0.2, -0.15) is 0 Å². The van der Waals surface area contributed by atoms with Crippen molar-refractivity contribution in [2.75, 3.05) is 25.5 Å². The summed E-state index contributed by atoms with van der Waals surface area (Å²) in [6.45, 7) is 1.32. The number of hydrogen-bond acceptors (Lipinski definition) is 4. The van der Waals surface area contributed by atoms with Crippen LogP contribution in [0, 0.1) is 0 Å². The van der Waals surface area contributed by atoms with Crippen LogP contribution in [-0.2, 0) is 0 Å². The molecule has 0 radical (unpaired) electrons. The van der Waals surface area contributed by atoms with Crippen molar-refractivity contribution in [1.29, 1.82) is 0 Å². The molecule has 1 rings (SSSR count). The normalized spacial score (nSPS) is 9.50. The molecule has 0 amide bonds. The third kappa shape index (κ3) is 2.39. The lowest BCUT2D eigenvalue weighted by Crippen LogP contribution is -2.13. The Balaban J connectivity index is 2.60. The molecule has 0 saturated carbocycles. The number of nitrogens with two attached hydrogens (primary N) is 1. The van der Waals surface area contributed by atoms with Gasteiger partial charge in [0.05, 0.1) is 7.11 Å². The van der Waals surface area contributed by atoms with Crippen LogP contribution in [0.25, 0.3) is 0 Å². The number of nitrogens with one attached hydrogen (secondary N) is 1. The Bertz CT molecular complexity index is 239. The minimum atomic E-state index is 0.596. The molecule has 1 heterocycles. The lowest BCUT2D eigenvalue weighted by molar-refractivity contribution is 0.414. The highest BCUT2D eigenvalue weighted by atomic mass is 16.5. The molecular weight excluding hydrogens is 154 g/mol. The van der Waals surface area contributed by atoms with Crippen molar-refractivity contribution in [2.24, 2.45) is 5.73 Å². The first-order valence-corrected chi connectivity index (χ1v) is 3.81. The Morgan fingerprint density at radius 2 is 2.50 bits per heavy atom. The molecule has 1 aromatic rings. The second-order valence-electron chi connectivity index (χ2n) is 2.30. The first kappa shape index (κ1) is 8.80. The molecule has 66 valence electrons. The second-order valence-corrected chi connectivity index (χ2v) is 2.30. The van der Waals surface area contributed by atoms with Gasteiger partial charge < -0.3 is 15.8 Å². The molecule has 0 unspecified atom stereocenters. The van der Waals surface area contributed by atoms with Gasteiger partial charge in [-0.25, -0.2) is 4.98 Å². The number of pyridine rings is 1. The maximum atomic E-state index is 5.33. The molecule has 0 saturated heterocycles. The Labute approximate surface area is 71.7 Å². The lowest BCUT2D eigenvalue weighted by atomic mass is 10.4. The fourth-order valence-electron chi connectivity index (χ4n) is 0.835. The van der Waals surface area contributed by atoms with Crippen molar-refractivity contribution in [3.63, 3.8) is 0 Å². The quantitative estimate of drug-likeness (QED) is 0.684. The molecule has 4 heteroatoms. The van der Waals surface area contributed by atoms with Crippen LogP contribution in [0.5, 0.6) is 5.75 Å². The lowest BCUT2D eigenvalue weighted by Gasteiger charge is -2.04. The highest BCUT2D eigenvalue weighted by Gasteiger charge is 1.94. The van der Waals surface area contributed by atoms with Crippen LogP contribution in [-0.4, -0.2) is 25.2 Å². The van der Waals surface area contributed by atoms with Crippen LogP contribution >= 0.6 is 0 Å². The zero-order valence-electron chi connectivity index (χ0n) is 7.08. The van der Waals surface area contributed by atoms with E-state index in [1.54, 1.807) is 19.4 Å². The average Bonchev–Trinajstić information content (AvgIpc) is 2.15. The molecule has 0 aromatic carbocycles. The van der Waals surface area contributed by atoms with E-state index in [0.717, 1.165) is 18.1 Å². The van der Waals surface area contributed by atoms with E-state index >= 15 is 0 Å². The van der Waals surface area contributed by atoms with Crippen molar-refractivity contribution < 1.29 is 4.74 Å². The standard InChI is InChI=1S/C8H13N3O/c1-12-7-2-4-10-8(6-7)11-5-3-9/h2,4,6H,3,5,9H2,1H3,(H,10,11). The van der Waals surface area contributed by atoms with E-state index in [4.69, 9.17) is 10.5 Å². The predicted molar refractivity (Wildman–Crippen MR) is 48.3 cm³/mol. The van der Waals surface area contributed by atoms with Crippen molar-refractivity contribution in [2.45, 2.75) is 0 Å². The maximum Gasteiger partial charge on any atom is 0.129 e. The van der Waals surface area contributed by atoms with E-state index in [-0.39, 0.29) is 0 Å². The summed E-state index contributed by atoms with van der Waals surface area (Å²) < 4.78 is 5.02. The third-order valence-electron chi connectivity index (χ3n) is 1.42. The smallest absolute Gasteiger partial charge is 0.129 e. The molecule has 0 aliphatic heterocycles. The average molecular weight is 167 g/mol. The van der Waals surface area contributed by atoms with E-state index in [1.807, 2.05) is 6.07 Å². The summed E-state index contributed by atoms with van der Waals surface area (Å²) in [4.78, 5) is 4.08. The molecule has 0 aliphatic rings. The molecule has 3 N–H and O–H groups in total. The van der Waals surface area contributed by atoms with Crippen LogP contribution in [0.2, 0.25) is 0 Å². The zero-order valence-corrected chi connectivity index (χ0v) is 7.08. The van der Waals surface area contributed by atoms with E-state index in [1.165, 1.54) is 0 Å². The minimum Gasteiger partial charge on any atom is -0.497 e. The van der Waals surface area contributed by atoms with Gasteiger partial charge in [-0.05, 0) is 6.07 Å². The van der Waals surface area contributed by atoms with Gasteiger partial charge in [0.2, 0.25) is 0 Å². The molecule has 12 heavy (non-hydrogen) atoms. The van der Waals surface area contributed by atoms with E-state index < -0.39 is 0 Å². The van der Waals surface area contributed by atoms with Gasteiger partial charge in [0, 0.05) is 25.4 Å². The van der Waals surface area contributed by atoms with Gasteiger partial charge in [-0.1, -0.05) is 0 Å². The fraction of sp³-hybridized carbons (Fsp3) is 0.375. The highest BCUT2D eigenvalue weighted by molar-refractivity contribution is 5.40. The molecule has 0 spiro atoms. The van der Waals surface area contributed by atoms with Gasteiger partial charge in [0.15, 0.2) is 0 Å². The summed E-state index contributed by atoms with van der Waals surface area (Å²) in [5.74, 6) is 1.59. The molecule has 0 bridgehead atoms. The van der Waals surface area contributed by atoms with Gasteiger partial charge in [-0.15, -0.1) is 0 Å². The van der Waals surface area contributed by atoms with Crippen molar-refractivity contribution in [3.05, 3.63) is 18.3 Å². The number of methoxy groups -OCH3 is 1. The van der Waals surface area contributed by atoms with Crippen LogP contribution in [0.15, 0.2) is 18.3 Å². The van der Waals surface area contributed by atoms with E-state index in [9.17, 15) is 0 Å². The number of nitrogens with zero attached hydrogens (tertiary/aromatic N) is 1. The first-order chi connectivity index (χ1) is 5.86. The topological polar surface area (TPSA) is 60.2 Å². The Kier molecular flexibility index (Phi) is 3.35. The maximum absolute atomic E-state index is 5.33. The Morgan fingerprint density at radius 1 is 1.67 bits per heavy atom. The first-order valence-electron chi connectivity index (χ1n) is 3.81. The molecule has 1 aromatic heterocycles. The molecule has 4 nitrogen and oxygen atoms in total. The number of anilines is 1. The highest BCUT2D eigenvalue weighted by Crippen LogP contribution is 2.12. The summed E-state index contributed by atoms with van der Waals surface area (Å²) in [7, 11) is 1.63. The monoisotopic (exact) mass is 167 g/mol. The van der Waals surface area contributed by atoms with Gasteiger partial charge >= 0.3 is 0 Å². The predicted octanol–water partition coefficient (Wildman–Crippen LogP) is 0.461. The van der Waals surface area contributed by atoms with Gasteiger partial charge in [-0.3, -0.25) is 0 Å². The molecular formula is C8H13N3O. The third-order valence-corrected chi connectivity index (χ3v) is 1.42. The van der Waals surface area contributed by atoms with E-state index in [0.29, 0.717) is 6.54 Å². The summed E-state index contributed by atoms with van der Waals surface area (Å²) >= 11 is 0. The van der Waals surface area contributed by atoms with Gasteiger partial charge in [0.25, 0.3) is 0 Å². The van der Waals surface area contributed by atoms with Crippen molar-refractivity contribution in [1.82, 2.24) is 4.98 Å². The second kappa shape index (κ2) is 4.56. The summed E-state index contributed by atoms with van der Waals surface area (Å²) in [6.07, 6.45) is 1.69. The summed E-state index contributed by atoms with van der Waals surface area (Å²) in [5, 5.41) is 3.05. The van der Waals surface area contributed by atoms with Crippen molar-refractivity contribution in [3.8, 4) is 5.75 Å². The minimum absolute atomic E-state index is 0.596. The largest absolute Gasteiger partial charge is 0.497 e.